The van der Waals surface area contributed by atoms with Crippen LogP contribution in [-0.2, 0) is 19.6 Å². The van der Waals surface area contributed by atoms with E-state index in [1.807, 2.05) is 18.2 Å². The summed E-state index contributed by atoms with van der Waals surface area (Å²) in [7, 11) is 1.55. The summed E-state index contributed by atoms with van der Waals surface area (Å²) in [6.45, 7) is 2.69. The second kappa shape index (κ2) is 8.55. The molecule has 1 aliphatic rings. The smallest absolute Gasteiger partial charge is 0.323 e. The van der Waals surface area contributed by atoms with Crippen LogP contribution in [-0.4, -0.2) is 18.0 Å². The van der Waals surface area contributed by atoms with Gasteiger partial charge in [-0.1, -0.05) is 48.0 Å². The number of hydrogen-bond acceptors (Lipinski definition) is 3. The molecule has 3 aromatic rings. The van der Waals surface area contributed by atoms with Crippen molar-refractivity contribution in [3.8, 4) is 5.75 Å². The van der Waals surface area contributed by atoms with Crippen LogP contribution in [0.1, 0.15) is 16.7 Å². The van der Waals surface area contributed by atoms with Gasteiger partial charge in [-0.05, 0) is 47.0 Å². The molecule has 4 rings (SSSR count). The van der Waals surface area contributed by atoms with Crippen molar-refractivity contribution in [2.75, 3.05) is 17.7 Å². The number of carbonyl (C=O) groups is 1. The monoisotopic (exact) mass is 407 g/mol. The minimum Gasteiger partial charge on any atom is -0.495 e. The molecule has 0 saturated heterocycles. The Morgan fingerprint density at radius 2 is 1.79 bits per heavy atom. The van der Waals surface area contributed by atoms with Crippen molar-refractivity contribution in [3.63, 3.8) is 0 Å². The Morgan fingerprint density at radius 1 is 1.00 bits per heavy atom. The summed E-state index contributed by atoms with van der Waals surface area (Å²) in [6, 6.07) is 21.2. The molecule has 0 radical (unpaired) electrons. The maximum atomic E-state index is 12.4. The molecular formula is C23H22ClN3O2. The van der Waals surface area contributed by atoms with E-state index in [0.29, 0.717) is 16.5 Å². The van der Waals surface area contributed by atoms with E-state index in [4.69, 9.17) is 16.3 Å². The van der Waals surface area contributed by atoms with Crippen molar-refractivity contribution in [1.29, 1.82) is 0 Å². The zero-order valence-corrected chi connectivity index (χ0v) is 16.9. The van der Waals surface area contributed by atoms with E-state index >= 15 is 0 Å². The molecule has 0 saturated carbocycles. The predicted octanol–water partition coefficient (Wildman–Crippen LogP) is 5.51. The van der Waals surface area contributed by atoms with Gasteiger partial charge in [-0.25, -0.2) is 4.79 Å². The number of carbonyl (C=O) groups excluding carboxylic acids is 1. The quantitative estimate of drug-likeness (QED) is 0.586. The first-order valence-electron chi connectivity index (χ1n) is 9.40. The number of rotatable bonds is 5. The Hall–Kier alpha value is -3.02. The standard InChI is InChI=1S/C23H22ClN3O2/c1-29-22-10-8-19(24)12-21(22)26-23(28)25-20-9-7-17-14-27(15-18(17)11-20)13-16-5-3-2-4-6-16/h2-12H,13-15H2,1H3,(H2,25,26,28). The fourth-order valence-electron chi connectivity index (χ4n) is 3.56. The van der Waals surface area contributed by atoms with Crippen LogP contribution in [0.2, 0.25) is 5.02 Å². The van der Waals surface area contributed by atoms with Crippen LogP contribution in [0.5, 0.6) is 5.75 Å². The van der Waals surface area contributed by atoms with Gasteiger partial charge >= 0.3 is 6.03 Å². The van der Waals surface area contributed by atoms with E-state index < -0.39 is 0 Å². The lowest BCUT2D eigenvalue weighted by Gasteiger charge is -2.14. The fourth-order valence-corrected chi connectivity index (χ4v) is 3.73. The molecule has 0 unspecified atom stereocenters. The van der Waals surface area contributed by atoms with Crippen LogP contribution in [0.4, 0.5) is 16.2 Å². The maximum absolute atomic E-state index is 12.4. The molecular weight excluding hydrogens is 386 g/mol. The van der Waals surface area contributed by atoms with E-state index in [2.05, 4.69) is 45.9 Å². The summed E-state index contributed by atoms with van der Waals surface area (Å²) in [5, 5.41) is 6.20. The first-order chi connectivity index (χ1) is 14.1. The van der Waals surface area contributed by atoms with Gasteiger partial charge in [-0.2, -0.15) is 0 Å². The van der Waals surface area contributed by atoms with Crippen molar-refractivity contribution in [2.45, 2.75) is 19.6 Å². The number of nitrogens with zero attached hydrogens (tertiary/aromatic N) is 1. The van der Waals surface area contributed by atoms with Crippen molar-refractivity contribution in [1.82, 2.24) is 4.90 Å². The second-order valence-corrected chi connectivity index (χ2v) is 7.47. The van der Waals surface area contributed by atoms with Crippen LogP contribution in [0, 0.1) is 0 Å². The SMILES string of the molecule is COc1ccc(Cl)cc1NC(=O)Nc1ccc2c(c1)CN(Cc1ccccc1)C2. The molecule has 1 heterocycles. The van der Waals surface area contributed by atoms with Gasteiger partial charge in [-0.15, -0.1) is 0 Å². The van der Waals surface area contributed by atoms with Crippen molar-refractivity contribution in [3.05, 3.63) is 88.4 Å². The molecule has 0 aromatic heterocycles. The number of ether oxygens (including phenoxy) is 1. The average molecular weight is 408 g/mol. The fraction of sp³-hybridized carbons (Fsp3) is 0.174. The Bertz CT molecular complexity index is 1020. The Labute approximate surface area is 175 Å². The molecule has 3 aromatic carbocycles. The summed E-state index contributed by atoms with van der Waals surface area (Å²) in [4.78, 5) is 14.8. The zero-order chi connectivity index (χ0) is 20.2. The first kappa shape index (κ1) is 19.3. The number of nitrogens with one attached hydrogen (secondary N) is 2. The van der Waals surface area contributed by atoms with E-state index in [-0.39, 0.29) is 6.03 Å². The van der Waals surface area contributed by atoms with Crippen molar-refractivity contribution in [2.24, 2.45) is 0 Å². The van der Waals surface area contributed by atoms with Gasteiger partial charge in [0.15, 0.2) is 0 Å². The number of fused-ring (bicyclic) bond motifs is 1. The lowest BCUT2D eigenvalue weighted by atomic mass is 10.1. The molecule has 6 heteroatoms. The van der Waals surface area contributed by atoms with Gasteiger partial charge in [0.1, 0.15) is 5.75 Å². The molecule has 0 bridgehead atoms. The third-order valence-electron chi connectivity index (χ3n) is 4.91. The Balaban J connectivity index is 1.40. The first-order valence-corrected chi connectivity index (χ1v) is 9.78. The van der Waals surface area contributed by atoms with Gasteiger partial charge in [0.25, 0.3) is 0 Å². The molecule has 0 atom stereocenters. The normalized spacial score (nSPS) is 13.0. The molecule has 0 spiro atoms. The van der Waals surface area contributed by atoms with Gasteiger partial charge in [0, 0.05) is 30.3 Å². The summed E-state index contributed by atoms with van der Waals surface area (Å²) in [5.74, 6) is 0.551. The molecule has 0 aliphatic carbocycles. The highest BCUT2D eigenvalue weighted by atomic mass is 35.5. The highest BCUT2D eigenvalue weighted by Gasteiger charge is 2.19. The number of anilines is 2. The Kier molecular flexibility index (Phi) is 5.69. The van der Waals surface area contributed by atoms with Gasteiger partial charge < -0.3 is 15.4 Å². The topological polar surface area (TPSA) is 53.6 Å². The van der Waals surface area contributed by atoms with Crippen LogP contribution in [0.25, 0.3) is 0 Å². The lowest BCUT2D eigenvalue weighted by molar-refractivity contribution is 0.262. The van der Waals surface area contributed by atoms with E-state index in [0.717, 1.165) is 25.3 Å². The van der Waals surface area contributed by atoms with E-state index in [9.17, 15) is 4.79 Å². The van der Waals surface area contributed by atoms with E-state index in [1.54, 1.807) is 25.3 Å². The molecule has 29 heavy (non-hydrogen) atoms. The third-order valence-corrected chi connectivity index (χ3v) is 5.15. The number of hydrogen-bond donors (Lipinski definition) is 2. The summed E-state index contributed by atoms with van der Waals surface area (Å²) in [5.41, 5.74) is 5.10. The largest absolute Gasteiger partial charge is 0.495 e. The molecule has 2 amide bonds. The van der Waals surface area contributed by atoms with Gasteiger partial charge in [0.05, 0.1) is 12.8 Å². The second-order valence-electron chi connectivity index (χ2n) is 7.04. The van der Waals surface area contributed by atoms with Crippen LogP contribution in [0.3, 0.4) is 0 Å². The molecule has 148 valence electrons. The number of methoxy groups -OCH3 is 1. The lowest BCUT2D eigenvalue weighted by Crippen LogP contribution is -2.20. The summed E-state index contributed by atoms with van der Waals surface area (Å²) < 4.78 is 5.27. The molecule has 5 nitrogen and oxygen atoms in total. The third kappa shape index (κ3) is 4.70. The van der Waals surface area contributed by atoms with Crippen LogP contribution < -0.4 is 15.4 Å². The van der Waals surface area contributed by atoms with Crippen LogP contribution in [0.15, 0.2) is 66.7 Å². The highest BCUT2D eigenvalue weighted by Crippen LogP contribution is 2.29. The summed E-state index contributed by atoms with van der Waals surface area (Å²) in [6.07, 6.45) is 0. The minimum atomic E-state index is -0.343. The maximum Gasteiger partial charge on any atom is 0.323 e. The zero-order valence-electron chi connectivity index (χ0n) is 16.1. The van der Waals surface area contributed by atoms with Gasteiger partial charge in [0.2, 0.25) is 0 Å². The predicted molar refractivity (Wildman–Crippen MR) is 116 cm³/mol. The van der Waals surface area contributed by atoms with Gasteiger partial charge in [-0.3, -0.25) is 4.90 Å². The molecule has 2 N–H and O–H groups in total. The summed E-state index contributed by atoms with van der Waals surface area (Å²) >= 11 is 6.02. The molecule has 1 aliphatic heterocycles. The molecule has 0 fully saturated rings. The highest BCUT2D eigenvalue weighted by molar-refractivity contribution is 6.31. The number of benzene rings is 3. The number of amides is 2. The van der Waals surface area contributed by atoms with Crippen molar-refractivity contribution < 1.29 is 9.53 Å². The van der Waals surface area contributed by atoms with E-state index in [1.165, 1.54) is 16.7 Å². The number of urea groups is 1. The minimum absolute atomic E-state index is 0.343. The van der Waals surface area contributed by atoms with Crippen molar-refractivity contribution >= 4 is 29.0 Å². The average Bonchev–Trinajstić information content (AvgIpc) is 3.10. The van der Waals surface area contributed by atoms with Crippen LogP contribution >= 0.6 is 11.6 Å². The number of halogens is 1. The Morgan fingerprint density at radius 3 is 2.59 bits per heavy atom.